The minimum Gasteiger partial charge on any atom is -0.317 e. The predicted octanol–water partition coefficient (Wildman–Crippen LogP) is 1.51. The van der Waals surface area contributed by atoms with E-state index in [-0.39, 0.29) is 10.9 Å². The fourth-order valence-corrected chi connectivity index (χ4v) is 3.80. The first-order chi connectivity index (χ1) is 8.93. The summed E-state index contributed by atoms with van der Waals surface area (Å²) in [5.74, 6) is -0.680. The summed E-state index contributed by atoms with van der Waals surface area (Å²) in [6.07, 6.45) is 1.51. The highest BCUT2D eigenvalue weighted by molar-refractivity contribution is 7.89. The number of piperidine rings is 1. The maximum Gasteiger partial charge on any atom is 0.245 e. The van der Waals surface area contributed by atoms with Gasteiger partial charge in [0.15, 0.2) is 0 Å². The number of sulfonamides is 1. The first kappa shape index (κ1) is 14.4. The van der Waals surface area contributed by atoms with Crippen LogP contribution in [0, 0.1) is 12.7 Å². The molecule has 0 spiro atoms. The third-order valence-corrected chi connectivity index (χ3v) is 5.51. The SMILES string of the molecule is Cc1ccc(S(=O)(=O)N(C)C2CCNCC2)c(F)c1. The summed E-state index contributed by atoms with van der Waals surface area (Å²) in [6.45, 7) is 3.32. The quantitative estimate of drug-likeness (QED) is 0.916. The standard InChI is InChI=1S/C13H19FN2O2S/c1-10-3-4-13(12(14)9-10)19(17,18)16(2)11-5-7-15-8-6-11/h3-4,9,11,15H,5-8H2,1-2H3. The maximum absolute atomic E-state index is 13.9. The van der Waals surface area contributed by atoms with Crippen LogP contribution in [0.25, 0.3) is 0 Å². The number of halogens is 1. The highest BCUT2D eigenvalue weighted by Crippen LogP contribution is 2.23. The van der Waals surface area contributed by atoms with E-state index in [1.165, 1.54) is 23.5 Å². The molecule has 106 valence electrons. The van der Waals surface area contributed by atoms with Crippen LogP contribution in [0.1, 0.15) is 18.4 Å². The van der Waals surface area contributed by atoms with Crippen LogP contribution >= 0.6 is 0 Å². The van der Waals surface area contributed by atoms with Crippen molar-refractivity contribution >= 4 is 10.0 Å². The van der Waals surface area contributed by atoms with Crippen molar-refractivity contribution in [2.75, 3.05) is 20.1 Å². The average molecular weight is 286 g/mol. The lowest BCUT2D eigenvalue weighted by molar-refractivity contribution is 0.295. The van der Waals surface area contributed by atoms with Gasteiger partial charge in [0.05, 0.1) is 0 Å². The molecule has 1 aliphatic heterocycles. The molecule has 1 N–H and O–H groups in total. The van der Waals surface area contributed by atoms with Crippen molar-refractivity contribution in [2.24, 2.45) is 0 Å². The lowest BCUT2D eigenvalue weighted by Crippen LogP contribution is -2.44. The molecular formula is C13H19FN2O2S. The Bertz CT molecular complexity index is 554. The zero-order chi connectivity index (χ0) is 14.0. The summed E-state index contributed by atoms with van der Waals surface area (Å²) >= 11 is 0. The molecule has 0 unspecified atom stereocenters. The highest BCUT2D eigenvalue weighted by atomic mass is 32.2. The average Bonchev–Trinajstić information content (AvgIpc) is 2.38. The van der Waals surface area contributed by atoms with Crippen LogP contribution in [-0.4, -0.2) is 38.9 Å². The molecule has 2 rings (SSSR count). The Morgan fingerprint density at radius 3 is 2.53 bits per heavy atom. The Labute approximate surface area is 113 Å². The molecule has 4 nitrogen and oxygen atoms in total. The van der Waals surface area contributed by atoms with Crippen LogP contribution in [0.3, 0.4) is 0 Å². The molecule has 0 aromatic heterocycles. The van der Waals surface area contributed by atoms with Gasteiger partial charge in [-0.05, 0) is 50.6 Å². The van der Waals surface area contributed by atoms with Crippen LogP contribution in [0.2, 0.25) is 0 Å². The van der Waals surface area contributed by atoms with Gasteiger partial charge in [-0.15, -0.1) is 0 Å². The Kier molecular flexibility index (Phi) is 4.23. The molecule has 1 aromatic rings. The third-order valence-electron chi connectivity index (χ3n) is 3.57. The summed E-state index contributed by atoms with van der Waals surface area (Å²) in [5.41, 5.74) is 0.709. The van der Waals surface area contributed by atoms with Gasteiger partial charge in [0.1, 0.15) is 10.7 Å². The van der Waals surface area contributed by atoms with E-state index in [0.29, 0.717) is 5.56 Å². The summed E-state index contributed by atoms with van der Waals surface area (Å²) < 4.78 is 40.0. The van der Waals surface area contributed by atoms with E-state index in [9.17, 15) is 12.8 Å². The number of hydrogen-bond donors (Lipinski definition) is 1. The van der Waals surface area contributed by atoms with Crippen molar-refractivity contribution in [1.29, 1.82) is 0 Å². The molecule has 0 atom stereocenters. The van der Waals surface area contributed by atoms with Gasteiger partial charge in [-0.3, -0.25) is 0 Å². The molecule has 0 amide bonds. The van der Waals surface area contributed by atoms with E-state index >= 15 is 0 Å². The molecule has 6 heteroatoms. The molecule has 1 fully saturated rings. The van der Waals surface area contributed by atoms with Crippen molar-refractivity contribution in [3.63, 3.8) is 0 Å². The Balaban J connectivity index is 2.30. The molecule has 1 aromatic carbocycles. The molecule has 19 heavy (non-hydrogen) atoms. The topological polar surface area (TPSA) is 49.4 Å². The Hall–Kier alpha value is -0.980. The van der Waals surface area contributed by atoms with Crippen molar-refractivity contribution in [2.45, 2.75) is 30.7 Å². The van der Waals surface area contributed by atoms with E-state index in [1.54, 1.807) is 13.0 Å². The van der Waals surface area contributed by atoms with Crippen LogP contribution in [0.4, 0.5) is 4.39 Å². The van der Waals surface area contributed by atoms with Crippen molar-refractivity contribution in [3.8, 4) is 0 Å². The second-order valence-electron chi connectivity index (χ2n) is 4.94. The van der Waals surface area contributed by atoms with Gasteiger partial charge in [-0.1, -0.05) is 6.07 Å². The summed E-state index contributed by atoms with van der Waals surface area (Å²) in [7, 11) is -2.22. The fraction of sp³-hybridized carbons (Fsp3) is 0.538. The lowest BCUT2D eigenvalue weighted by Gasteiger charge is -2.30. The molecule has 1 heterocycles. The van der Waals surface area contributed by atoms with E-state index in [2.05, 4.69) is 5.32 Å². The molecular weight excluding hydrogens is 267 g/mol. The van der Waals surface area contributed by atoms with Crippen molar-refractivity contribution < 1.29 is 12.8 Å². The predicted molar refractivity (Wildman–Crippen MR) is 72.0 cm³/mol. The molecule has 0 aliphatic carbocycles. The highest BCUT2D eigenvalue weighted by Gasteiger charge is 2.30. The Morgan fingerprint density at radius 2 is 1.95 bits per heavy atom. The van der Waals surface area contributed by atoms with Crippen LogP contribution in [0.5, 0.6) is 0 Å². The minimum atomic E-state index is -3.76. The maximum atomic E-state index is 13.9. The number of aryl methyl sites for hydroxylation is 1. The Morgan fingerprint density at radius 1 is 1.32 bits per heavy atom. The normalized spacial score (nSPS) is 17.9. The lowest BCUT2D eigenvalue weighted by atomic mass is 10.1. The van der Waals surface area contributed by atoms with Crippen LogP contribution in [0.15, 0.2) is 23.1 Å². The largest absolute Gasteiger partial charge is 0.317 e. The van der Waals surface area contributed by atoms with Crippen LogP contribution in [-0.2, 0) is 10.0 Å². The molecule has 0 saturated carbocycles. The minimum absolute atomic E-state index is 0.0630. The number of rotatable bonds is 3. The van der Waals surface area contributed by atoms with E-state index < -0.39 is 15.8 Å². The van der Waals surface area contributed by atoms with Gasteiger partial charge in [0.2, 0.25) is 10.0 Å². The van der Waals surface area contributed by atoms with Gasteiger partial charge in [0.25, 0.3) is 0 Å². The summed E-state index contributed by atoms with van der Waals surface area (Å²) in [5, 5.41) is 3.18. The summed E-state index contributed by atoms with van der Waals surface area (Å²) in [4.78, 5) is -0.237. The monoisotopic (exact) mass is 286 g/mol. The number of hydrogen-bond acceptors (Lipinski definition) is 3. The van der Waals surface area contributed by atoms with Crippen LogP contribution < -0.4 is 5.32 Å². The van der Waals surface area contributed by atoms with Gasteiger partial charge in [0, 0.05) is 13.1 Å². The van der Waals surface area contributed by atoms with Gasteiger partial charge < -0.3 is 5.32 Å². The number of nitrogens with one attached hydrogen (secondary N) is 1. The van der Waals surface area contributed by atoms with Gasteiger partial charge >= 0.3 is 0 Å². The molecule has 1 aliphatic rings. The van der Waals surface area contributed by atoms with Crippen molar-refractivity contribution in [1.82, 2.24) is 9.62 Å². The number of nitrogens with zero attached hydrogens (tertiary/aromatic N) is 1. The van der Waals surface area contributed by atoms with Gasteiger partial charge in [-0.25, -0.2) is 12.8 Å². The summed E-state index contributed by atoms with van der Waals surface area (Å²) in [6, 6.07) is 4.15. The number of benzene rings is 1. The molecule has 1 saturated heterocycles. The smallest absolute Gasteiger partial charge is 0.245 e. The second kappa shape index (κ2) is 5.56. The zero-order valence-electron chi connectivity index (χ0n) is 11.2. The van der Waals surface area contributed by atoms with Gasteiger partial charge in [-0.2, -0.15) is 4.31 Å². The van der Waals surface area contributed by atoms with E-state index in [4.69, 9.17) is 0 Å². The fourth-order valence-electron chi connectivity index (χ4n) is 2.34. The molecule has 0 radical (unpaired) electrons. The zero-order valence-corrected chi connectivity index (χ0v) is 12.0. The second-order valence-corrected chi connectivity index (χ2v) is 6.90. The van der Waals surface area contributed by atoms with E-state index in [0.717, 1.165) is 25.9 Å². The van der Waals surface area contributed by atoms with E-state index in [1.807, 2.05) is 0 Å². The first-order valence-electron chi connectivity index (χ1n) is 6.38. The molecule has 0 bridgehead atoms. The first-order valence-corrected chi connectivity index (χ1v) is 7.82. The third kappa shape index (κ3) is 2.96. The van der Waals surface area contributed by atoms with Crippen molar-refractivity contribution in [3.05, 3.63) is 29.6 Å².